The highest BCUT2D eigenvalue weighted by molar-refractivity contribution is 6.00. The summed E-state index contributed by atoms with van der Waals surface area (Å²) in [6.07, 6.45) is 4.15. The molecule has 2 heterocycles. The van der Waals surface area contributed by atoms with Gasteiger partial charge in [-0.3, -0.25) is 9.59 Å². The van der Waals surface area contributed by atoms with E-state index in [4.69, 9.17) is 9.52 Å². The molecule has 8 nitrogen and oxygen atoms in total. The Balaban J connectivity index is 1.14. The lowest BCUT2D eigenvalue weighted by Gasteiger charge is -2.51. The number of anilines is 2. The van der Waals surface area contributed by atoms with Crippen LogP contribution in [0.1, 0.15) is 47.8 Å². The highest BCUT2D eigenvalue weighted by Crippen LogP contribution is 2.52. The van der Waals surface area contributed by atoms with E-state index >= 15 is 0 Å². The van der Waals surface area contributed by atoms with E-state index in [-0.39, 0.29) is 17.2 Å². The van der Waals surface area contributed by atoms with Crippen molar-refractivity contribution in [3.05, 3.63) is 71.9 Å². The number of nitrogens with zero attached hydrogens (tertiary/aromatic N) is 3. The van der Waals surface area contributed by atoms with Gasteiger partial charge in [-0.2, -0.15) is 0 Å². The number of aliphatic carboxylic acids is 1. The topological polar surface area (TPSA) is 109 Å². The van der Waals surface area contributed by atoms with Crippen molar-refractivity contribution in [2.75, 3.05) is 23.3 Å². The molecule has 2 N–H and O–H groups in total. The number of carbonyl (C=O) groups is 2. The number of nitrogens with one attached hydrogen (secondary N) is 1. The molecule has 1 saturated heterocycles. The van der Waals surface area contributed by atoms with Crippen LogP contribution in [0.3, 0.4) is 0 Å². The largest absolute Gasteiger partial charge is 0.481 e. The van der Waals surface area contributed by atoms with Gasteiger partial charge in [0.15, 0.2) is 0 Å². The lowest BCUT2D eigenvalue weighted by Crippen LogP contribution is -2.49. The maximum absolute atomic E-state index is 12.5. The Morgan fingerprint density at radius 1 is 1.03 bits per heavy atom. The zero-order valence-corrected chi connectivity index (χ0v) is 18.2. The van der Waals surface area contributed by atoms with Crippen molar-refractivity contribution in [3.8, 4) is 0 Å². The highest BCUT2D eigenvalue weighted by Gasteiger charge is 2.48. The maximum Gasteiger partial charge on any atom is 0.313 e. The van der Waals surface area contributed by atoms with Gasteiger partial charge in [-0.15, -0.1) is 10.2 Å². The standard InChI is InChI=1S/C25H26N4O4/c30-22(23-28-27-21(33-23)14-17-4-2-1-3-5-17)26-19-6-8-20(9-7-19)29-12-10-25(11-13-29)15-18(16-25)24(31)32/h1-9,18H,10-16H2,(H,26,30)(H,31,32). The third-order valence-corrected chi connectivity index (χ3v) is 6.88. The molecular formula is C25H26N4O4. The van der Waals surface area contributed by atoms with Crippen molar-refractivity contribution in [2.24, 2.45) is 11.3 Å². The maximum atomic E-state index is 12.5. The van der Waals surface area contributed by atoms with E-state index in [0.29, 0.717) is 18.0 Å². The number of benzene rings is 2. The summed E-state index contributed by atoms with van der Waals surface area (Å²) in [6, 6.07) is 17.4. The molecule has 5 rings (SSSR count). The SMILES string of the molecule is O=C(Nc1ccc(N2CCC3(CC2)CC(C(=O)O)C3)cc1)c1nnc(Cc2ccccc2)o1. The summed E-state index contributed by atoms with van der Waals surface area (Å²) in [5.74, 6) is -0.925. The van der Waals surface area contributed by atoms with Crippen LogP contribution in [0.25, 0.3) is 0 Å². The molecule has 0 atom stereocenters. The predicted molar refractivity (Wildman–Crippen MR) is 122 cm³/mol. The van der Waals surface area contributed by atoms with Gasteiger partial charge in [0.2, 0.25) is 5.89 Å². The Labute approximate surface area is 191 Å². The van der Waals surface area contributed by atoms with Gasteiger partial charge in [-0.05, 0) is 60.9 Å². The average molecular weight is 447 g/mol. The predicted octanol–water partition coefficient (Wildman–Crippen LogP) is 3.99. The minimum atomic E-state index is -0.659. The minimum Gasteiger partial charge on any atom is -0.481 e. The smallest absolute Gasteiger partial charge is 0.313 e. The number of hydrogen-bond donors (Lipinski definition) is 2. The van der Waals surface area contributed by atoms with Gasteiger partial charge in [0.05, 0.1) is 12.3 Å². The van der Waals surface area contributed by atoms with Gasteiger partial charge in [0.25, 0.3) is 0 Å². The Morgan fingerprint density at radius 2 is 1.73 bits per heavy atom. The van der Waals surface area contributed by atoms with E-state index in [1.165, 1.54) is 0 Å². The van der Waals surface area contributed by atoms with E-state index in [1.807, 2.05) is 54.6 Å². The number of carbonyl (C=O) groups excluding carboxylic acids is 1. The Bertz CT molecular complexity index is 1130. The van der Waals surface area contributed by atoms with Crippen molar-refractivity contribution in [1.82, 2.24) is 10.2 Å². The van der Waals surface area contributed by atoms with Crippen LogP contribution in [0.5, 0.6) is 0 Å². The molecule has 0 unspecified atom stereocenters. The zero-order chi connectivity index (χ0) is 22.8. The van der Waals surface area contributed by atoms with Gasteiger partial charge < -0.3 is 19.7 Å². The number of rotatable bonds is 6. The minimum absolute atomic E-state index is 0.0634. The quantitative estimate of drug-likeness (QED) is 0.589. The molecule has 2 fully saturated rings. The molecule has 1 spiro atoms. The Morgan fingerprint density at radius 3 is 2.39 bits per heavy atom. The third kappa shape index (κ3) is 4.60. The summed E-state index contributed by atoms with van der Waals surface area (Å²) >= 11 is 0. The normalized spacial score (nSPS) is 17.5. The van der Waals surface area contributed by atoms with Crippen LogP contribution in [-0.2, 0) is 11.2 Å². The van der Waals surface area contributed by atoms with Gasteiger partial charge in [-0.25, -0.2) is 0 Å². The fourth-order valence-electron chi connectivity index (χ4n) is 4.94. The van der Waals surface area contributed by atoms with Gasteiger partial charge in [0, 0.05) is 24.5 Å². The Kier molecular flexibility index (Phi) is 5.58. The summed E-state index contributed by atoms with van der Waals surface area (Å²) < 4.78 is 5.52. The molecule has 2 aromatic carbocycles. The molecular weight excluding hydrogens is 420 g/mol. The van der Waals surface area contributed by atoms with E-state index < -0.39 is 11.9 Å². The van der Waals surface area contributed by atoms with Crippen LogP contribution in [0, 0.1) is 11.3 Å². The molecule has 1 aliphatic heterocycles. The summed E-state index contributed by atoms with van der Waals surface area (Å²) in [5.41, 5.74) is 3.01. The van der Waals surface area contributed by atoms with Gasteiger partial charge in [-0.1, -0.05) is 30.3 Å². The van der Waals surface area contributed by atoms with E-state index in [1.54, 1.807) is 0 Å². The van der Waals surface area contributed by atoms with Crippen LogP contribution >= 0.6 is 0 Å². The molecule has 3 aromatic rings. The molecule has 170 valence electrons. The summed E-state index contributed by atoms with van der Waals surface area (Å²) in [7, 11) is 0. The highest BCUT2D eigenvalue weighted by atomic mass is 16.4. The molecule has 8 heteroatoms. The zero-order valence-electron chi connectivity index (χ0n) is 18.2. The van der Waals surface area contributed by atoms with Crippen LogP contribution in [0.4, 0.5) is 11.4 Å². The van der Waals surface area contributed by atoms with Gasteiger partial charge >= 0.3 is 17.8 Å². The van der Waals surface area contributed by atoms with E-state index in [9.17, 15) is 9.59 Å². The molecule has 33 heavy (non-hydrogen) atoms. The fourth-order valence-corrected chi connectivity index (χ4v) is 4.94. The number of carboxylic acids is 1. The summed E-state index contributed by atoms with van der Waals surface area (Å²) in [6.45, 7) is 1.84. The van der Waals surface area contributed by atoms with Gasteiger partial charge in [0.1, 0.15) is 0 Å². The van der Waals surface area contributed by atoms with E-state index in [0.717, 1.165) is 50.0 Å². The number of aromatic nitrogens is 2. The molecule has 1 saturated carbocycles. The van der Waals surface area contributed by atoms with Crippen LogP contribution in [0.15, 0.2) is 59.0 Å². The molecule has 0 radical (unpaired) electrons. The van der Waals surface area contributed by atoms with E-state index in [2.05, 4.69) is 20.4 Å². The first-order chi connectivity index (χ1) is 16.0. The lowest BCUT2D eigenvalue weighted by molar-refractivity contribution is -0.151. The first kappa shape index (κ1) is 21.2. The first-order valence-electron chi connectivity index (χ1n) is 11.3. The number of amides is 1. The molecule has 1 amide bonds. The molecule has 1 aliphatic carbocycles. The Hall–Kier alpha value is -3.68. The fraction of sp³-hybridized carbons (Fsp3) is 0.360. The summed E-state index contributed by atoms with van der Waals surface area (Å²) in [4.78, 5) is 25.9. The number of hydrogen-bond acceptors (Lipinski definition) is 6. The lowest BCUT2D eigenvalue weighted by atomic mass is 9.57. The number of carboxylic acid groups (broad SMARTS) is 1. The van der Waals surface area contributed by atoms with Crippen molar-refractivity contribution < 1.29 is 19.1 Å². The molecule has 2 aliphatic rings. The molecule has 0 bridgehead atoms. The third-order valence-electron chi connectivity index (χ3n) is 6.88. The van der Waals surface area contributed by atoms with Crippen LogP contribution in [-0.4, -0.2) is 40.3 Å². The second kappa shape index (κ2) is 8.69. The second-order valence-electron chi connectivity index (χ2n) is 9.09. The monoisotopic (exact) mass is 446 g/mol. The molecule has 1 aromatic heterocycles. The van der Waals surface area contributed by atoms with Crippen LogP contribution < -0.4 is 10.2 Å². The number of piperidine rings is 1. The van der Waals surface area contributed by atoms with Crippen molar-refractivity contribution >= 4 is 23.3 Å². The second-order valence-corrected chi connectivity index (χ2v) is 9.09. The first-order valence-corrected chi connectivity index (χ1v) is 11.3. The summed E-state index contributed by atoms with van der Waals surface area (Å²) in [5, 5.41) is 19.8. The van der Waals surface area contributed by atoms with Crippen LogP contribution in [0.2, 0.25) is 0 Å². The average Bonchev–Trinajstić information content (AvgIpc) is 3.27. The van der Waals surface area contributed by atoms with Crippen molar-refractivity contribution in [1.29, 1.82) is 0 Å². The van der Waals surface area contributed by atoms with Crippen molar-refractivity contribution in [3.63, 3.8) is 0 Å². The van der Waals surface area contributed by atoms with Crippen molar-refractivity contribution in [2.45, 2.75) is 32.1 Å².